The van der Waals surface area contributed by atoms with Crippen LogP contribution in [0, 0.1) is 6.92 Å². The number of rotatable bonds is 14. The molecule has 0 aliphatic carbocycles. The standard InChI is InChI=1S/C32H40ClN3O4S/c1-5-24(2)34-32(38)30(22-26-14-8-6-9-15-26)35(23-27-16-10-7-11-17-27)31(37)20-13-21-36(41(4,39)40)29-19-12-18-28(33)25(29)3/h6-12,14-19,24,30H,5,13,20-23H2,1-4H3,(H,34,38)/t24-,30-/m0/s1. The Labute approximate surface area is 249 Å². The van der Waals surface area contributed by atoms with Gasteiger partial charge in [0, 0.05) is 37.0 Å². The van der Waals surface area contributed by atoms with Crippen LogP contribution < -0.4 is 9.62 Å². The third kappa shape index (κ3) is 9.33. The lowest BCUT2D eigenvalue weighted by molar-refractivity contribution is -0.141. The van der Waals surface area contributed by atoms with E-state index in [-0.39, 0.29) is 43.8 Å². The summed E-state index contributed by atoms with van der Waals surface area (Å²) in [6.45, 7) is 6.08. The summed E-state index contributed by atoms with van der Waals surface area (Å²) in [5.41, 5.74) is 3.00. The van der Waals surface area contributed by atoms with Crippen LogP contribution in [0.2, 0.25) is 5.02 Å². The summed E-state index contributed by atoms with van der Waals surface area (Å²) in [7, 11) is -3.63. The minimum Gasteiger partial charge on any atom is -0.352 e. The number of sulfonamides is 1. The Balaban J connectivity index is 1.89. The fourth-order valence-corrected chi connectivity index (χ4v) is 5.81. The van der Waals surface area contributed by atoms with Gasteiger partial charge in [0.25, 0.3) is 0 Å². The van der Waals surface area contributed by atoms with E-state index < -0.39 is 16.1 Å². The average Bonchev–Trinajstić information content (AvgIpc) is 2.95. The van der Waals surface area contributed by atoms with Crippen molar-refractivity contribution >= 4 is 39.1 Å². The molecule has 2 atom stereocenters. The molecule has 3 aromatic carbocycles. The number of benzene rings is 3. The van der Waals surface area contributed by atoms with E-state index in [0.29, 0.717) is 22.7 Å². The maximum absolute atomic E-state index is 13.9. The predicted molar refractivity (Wildman–Crippen MR) is 166 cm³/mol. The minimum atomic E-state index is -3.63. The van der Waals surface area contributed by atoms with Crippen LogP contribution in [-0.2, 0) is 32.6 Å². The summed E-state index contributed by atoms with van der Waals surface area (Å²) in [4.78, 5) is 29.1. The first-order chi connectivity index (χ1) is 19.5. The van der Waals surface area contributed by atoms with E-state index >= 15 is 0 Å². The molecule has 0 aliphatic heterocycles. The third-order valence-corrected chi connectivity index (χ3v) is 8.72. The quantitative estimate of drug-likeness (QED) is 0.256. The van der Waals surface area contributed by atoms with Gasteiger partial charge in [0.15, 0.2) is 0 Å². The SMILES string of the molecule is CC[C@H](C)NC(=O)[C@H](Cc1ccccc1)N(Cc1ccccc1)C(=O)CCCN(c1cccc(Cl)c1C)S(C)(=O)=O. The molecule has 0 fully saturated rings. The fourth-order valence-electron chi connectivity index (χ4n) is 4.62. The van der Waals surface area contributed by atoms with Crippen LogP contribution in [0.5, 0.6) is 0 Å². The monoisotopic (exact) mass is 597 g/mol. The molecule has 0 saturated carbocycles. The summed E-state index contributed by atoms with van der Waals surface area (Å²) in [6, 6.07) is 23.6. The van der Waals surface area contributed by atoms with Crippen molar-refractivity contribution in [3.63, 3.8) is 0 Å². The average molecular weight is 598 g/mol. The van der Waals surface area contributed by atoms with E-state index in [0.717, 1.165) is 23.8 Å². The van der Waals surface area contributed by atoms with Crippen molar-refractivity contribution in [1.82, 2.24) is 10.2 Å². The molecule has 220 valence electrons. The van der Waals surface area contributed by atoms with Crippen molar-refractivity contribution in [3.05, 3.63) is 101 Å². The number of nitrogens with one attached hydrogen (secondary N) is 1. The Hall–Kier alpha value is -3.36. The van der Waals surface area contributed by atoms with Gasteiger partial charge in [-0.3, -0.25) is 13.9 Å². The van der Waals surface area contributed by atoms with Crippen LogP contribution in [0.15, 0.2) is 78.9 Å². The molecular formula is C32H40ClN3O4S. The molecule has 3 aromatic rings. The largest absolute Gasteiger partial charge is 0.352 e. The molecule has 0 unspecified atom stereocenters. The van der Waals surface area contributed by atoms with Crippen molar-refractivity contribution < 1.29 is 18.0 Å². The highest BCUT2D eigenvalue weighted by Gasteiger charge is 2.31. The topological polar surface area (TPSA) is 86.8 Å². The van der Waals surface area contributed by atoms with Gasteiger partial charge in [0.1, 0.15) is 6.04 Å². The molecule has 0 aliphatic rings. The molecule has 0 bridgehead atoms. The molecule has 0 radical (unpaired) electrons. The fraction of sp³-hybridized carbons (Fsp3) is 0.375. The number of carbonyl (C=O) groups excluding carboxylic acids is 2. The smallest absolute Gasteiger partial charge is 0.243 e. The first-order valence-electron chi connectivity index (χ1n) is 13.9. The summed E-state index contributed by atoms with van der Waals surface area (Å²) in [5.74, 6) is -0.426. The molecule has 3 rings (SSSR count). The number of nitrogens with zero attached hydrogens (tertiary/aromatic N) is 2. The summed E-state index contributed by atoms with van der Waals surface area (Å²) < 4.78 is 26.7. The highest BCUT2D eigenvalue weighted by atomic mass is 35.5. The first-order valence-corrected chi connectivity index (χ1v) is 16.1. The molecule has 9 heteroatoms. The maximum Gasteiger partial charge on any atom is 0.243 e. The number of amides is 2. The predicted octanol–water partition coefficient (Wildman–Crippen LogP) is 5.75. The molecule has 0 saturated heterocycles. The molecule has 0 heterocycles. The lowest BCUT2D eigenvalue weighted by Crippen LogP contribution is -2.52. The van der Waals surface area contributed by atoms with Crippen LogP contribution in [0.3, 0.4) is 0 Å². The second kappa shape index (κ2) is 15.0. The second-order valence-corrected chi connectivity index (χ2v) is 12.7. The molecule has 41 heavy (non-hydrogen) atoms. The number of hydrogen-bond donors (Lipinski definition) is 1. The normalized spacial score (nSPS) is 12.8. The van der Waals surface area contributed by atoms with Crippen molar-refractivity contribution in [3.8, 4) is 0 Å². The van der Waals surface area contributed by atoms with E-state index in [9.17, 15) is 18.0 Å². The van der Waals surface area contributed by atoms with Gasteiger partial charge in [-0.1, -0.05) is 85.3 Å². The van der Waals surface area contributed by atoms with Gasteiger partial charge in [0.2, 0.25) is 21.8 Å². The summed E-state index contributed by atoms with van der Waals surface area (Å²) >= 11 is 6.27. The zero-order chi connectivity index (χ0) is 30.0. The highest BCUT2D eigenvalue weighted by molar-refractivity contribution is 7.92. The van der Waals surface area contributed by atoms with E-state index in [2.05, 4.69) is 5.32 Å². The molecule has 7 nitrogen and oxygen atoms in total. The minimum absolute atomic E-state index is 0.0429. The van der Waals surface area contributed by atoms with Crippen molar-refractivity contribution in [2.45, 2.75) is 65.1 Å². The van der Waals surface area contributed by atoms with Gasteiger partial charge < -0.3 is 10.2 Å². The van der Waals surface area contributed by atoms with Gasteiger partial charge in [-0.2, -0.15) is 0 Å². The van der Waals surface area contributed by atoms with Gasteiger partial charge in [-0.25, -0.2) is 8.42 Å². The van der Waals surface area contributed by atoms with Crippen LogP contribution >= 0.6 is 11.6 Å². The summed E-state index contributed by atoms with van der Waals surface area (Å²) in [5, 5.41) is 3.54. The Bertz CT molecular complexity index is 1400. The first kappa shape index (κ1) is 32.2. The molecule has 2 amide bonds. The van der Waals surface area contributed by atoms with Crippen LogP contribution in [0.25, 0.3) is 0 Å². The van der Waals surface area contributed by atoms with Crippen LogP contribution in [0.1, 0.15) is 49.8 Å². The van der Waals surface area contributed by atoms with E-state index in [1.165, 1.54) is 4.31 Å². The number of anilines is 1. The van der Waals surface area contributed by atoms with Crippen LogP contribution in [-0.4, -0.2) is 50.0 Å². The third-order valence-electron chi connectivity index (χ3n) is 7.13. The maximum atomic E-state index is 13.9. The van der Waals surface area contributed by atoms with E-state index in [4.69, 9.17) is 11.6 Å². The Morgan fingerprint density at radius 3 is 2.12 bits per heavy atom. The van der Waals surface area contributed by atoms with Gasteiger partial charge in [-0.15, -0.1) is 0 Å². The van der Waals surface area contributed by atoms with Gasteiger partial charge in [0.05, 0.1) is 11.9 Å². The summed E-state index contributed by atoms with van der Waals surface area (Å²) in [6.07, 6.45) is 2.61. The van der Waals surface area contributed by atoms with Crippen molar-refractivity contribution in [2.75, 3.05) is 17.1 Å². The zero-order valence-electron chi connectivity index (χ0n) is 24.2. The number of hydrogen-bond acceptors (Lipinski definition) is 4. The van der Waals surface area contributed by atoms with E-state index in [1.54, 1.807) is 30.0 Å². The van der Waals surface area contributed by atoms with E-state index in [1.807, 2.05) is 74.5 Å². The molecule has 1 N–H and O–H groups in total. The Morgan fingerprint density at radius 1 is 0.927 bits per heavy atom. The molecule has 0 spiro atoms. The second-order valence-electron chi connectivity index (χ2n) is 10.4. The number of halogens is 1. The Morgan fingerprint density at radius 2 is 1.54 bits per heavy atom. The highest BCUT2D eigenvalue weighted by Crippen LogP contribution is 2.28. The zero-order valence-corrected chi connectivity index (χ0v) is 25.8. The van der Waals surface area contributed by atoms with Crippen LogP contribution in [0.4, 0.5) is 5.69 Å². The van der Waals surface area contributed by atoms with Gasteiger partial charge >= 0.3 is 0 Å². The van der Waals surface area contributed by atoms with Gasteiger partial charge in [-0.05, 0) is 55.5 Å². The van der Waals surface area contributed by atoms with Crippen molar-refractivity contribution in [2.24, 2.45) is 0 Å². The lowest BCUT2D eigenvalue weighted by atomic mass is 10.0. The number of carbonyl (C=O) groups is 2. The molecular weight excluding hydrogens is 558 g/mol. The lowest BCUT2D eigenvalue weighted by Gasteiger charge is -2.33. The van der Waals surface area contributed by atoms with Crippen molar-refractivity contribution in [1.29, 1.82) is 0 Å². The Kier molecular flexibility index (Phi) is 11.8. The molecule has 0 aromatic heterocycles.